The Bertz CT molecular complexity index is 899. The van der Waals surface area contributed by atoms with Crippen LogP contribution in [0.25, 0.3) is 0 Å². The fourth-order valence-corrected chi connectivity index (χ4v) is 4.72. The number of methoxy groups -OCH3 is 1. The molecule has 0 spiro atoms. The first-order valence-corrected chi connectivity index (χ1v) is 10.1. The third-order valence-electron chi connectivity index (χ3n) is 4.63. The number of piperidine rings is 1. The van der Waals surface area contributed by atoms with Gasteiger partial charge in [-0.15, -0.1) is 0 Å². The summed E-state index contributed by atoms with van der Waals surface area (Å²) in [5.41, 5.74) is 2.06. The fourth-order valence-electron chi connectivity index (χ4n) is 3.11. The second-order valence-corrected chi connectivity index (χ2v) is 8.28. The number of nitrogens with zero attached hydrogens (tertiary/aromatic N) is 3. The van der Waals surface area contributed by atoms with Crippen LogP contribution < -0.4 is 0 Å². The van der Waals surface area contributed by atoms with Crippen LogP contribution in [0.5, 0.6) is 0 Å². The molecule has 7 nitrogen and oxygen atoms in total. The van der Waals surface area contributed by atoms with E-state index in [0.29, 0.717) is 19.6 Å². The zero-order valence-electron chi connectivity index (χ0n) is 15.0. The molecule has 2 aromatic rings. The molecular formula is C18H23N3O4S. The van der Waals surface area contributed by atoms with E-state index in [0.717, 1.165) is 30.4 Å². The van der Waals surface area contributed by atoms with E-state index in [2.05, 4.69) is 5.10 Å². The number of esters is 1. The summed E-state index contributed by atoms with van der Waals surface area (Å²) < 4.78 is 33.7. The Morgan fingerprint density at radius 2 is 1.88 bits per heavy atom. The predicted octanol–water partition coefficient (Wildman–Crippen LogP) is 2.20. The number of sulfonamides is 1. The number of aryl methyl sites for hydroxylation is 1. The molecule has 1 saturated heterocycles. The van der Waals surface area contributed by atoms with Crippen molar-refractivity contribution in [3.05, 3.63) is 47.2 Å². The van der Waals surface area contributed by atoms with Crippen molar-refractivity contribution in [2.45, 2.75) is 37.8 Å². The highest BCUT2D eigenvalue weighted by atomic mass is 32.2. The summed E-state index contributed by atoms with van der Waals surface area (Å²) in [4.78, 5) is 12.1. The molecule has 1 aromatic carbocycles. The van der Waals surface area contributed by atoms with Crippen molar-refractivity contribution >= 4 is 16.0 Å². The van der Waals surface area contributed by atoms with Gasteiger partial charge in [0.15, 0.2) is 0 Å². The number of benzene rings is 1. The van der Waals surface area contributed by atoms with Crippen LogP contribution in [0.4, 0.5) is 0 Å². The molecule has 1 fully saturated rings. The van der Waals surface area contributed by atoms with Gasteiger partial charge in [-0.3, -0.25) is 4.68 Å². The molecule has 2 heterocycles. The molecule has 0 amide bonds. The second kappa shape index (κ2) is 7.59. The van der Waals surface area contributed by atoms with Gasteiger partial charge >= 0.3 is 5.97 Å². The average Bonchev–Trinajstić information content (AvgIpc) is 3.08. The average molecular weight is 377 g/mol. The minimum Gasteiger partial charge on any atom is -0.465 e. The van der Waals surface area contributed by atoms with E-state index in [1.54, 1.807) is 0 Å². The molecule has 0 N–H and O–H groups in total. The summed E-state index contributed by atoms with van der Waals surface area (Å²) in [5, 5.41) is 4.03. The van der Waals surface area contributed by atoms with Crippen LogP contribution in [0, 0.1) is 6.92 Å². The van der Waals surface area contributed by atoms with Crippen LogP contribution in [0.2, 0.25) is 0 Å². The molecular weight excluding hydrogens is 354 g/mol. The Hall–Kier alpha value is -2.19. The van der Waals surface area contributed by atoms with E-state index in [4.69, 9.17) is 4.74 Å². The number of hydrogen-bond donors (Lipinski definition) is 0. The van der Waals surface area contributed by atoms with Crippen LogP contribution >= 0.6 is 0 Å². The molecule has 0 saturated carbocycles. The molecule has 0 aliphatic carbocycles. The van der Waals surface area contributed by atoms with Gasteiger partial charge in [0, 0.05) is 19.3 Å². The summed E-state index contributed by atoms with van der Waals surface area (Å²) >= 11 is 0. The smallest absolute Gasteiger partial charge is 0.342 e. The summed E-state index contributed by atoms with van der Waals surface area (Å²) in [6.07, 6.45) is 4.10. The van der Waals surface area contributed by atoms with Gasteiger partial charge in [0.25, 0.3) is 10.0 Å². The van der Waals surface area contributed by atoms with E-state index in [-0.39, 0.29) is 10.6 Å². The van der Waals surface area contributed by atoms with Crippen molar-refractivity contribution in [2.75, 3.05) is 20.2 Å². The molecule has 0 atom stereocenters. The monoisotopic (exact) mass is 377 g/mol. The Morgan fingerprint density at radius 1 is 1.19 bits per heavy atom. The maximum atomic E-state index is 13.0. The highest BCUT2D eigenvalue weighted by molar-refractivity contribution is 7.89. The lowest BCUT2D eigenvalue weighted by atomic mass is 10.1. The Balaban J connectivity index is 1.99. The summed E-state index contributed by atoms with van der Waals surface area (Å²) in [6, 6.07) is 7.78. The van der Waals surface area contributed by atoms with Crippen LogP contribution in [-0.2, 0) is 21.3 Å². The van der Waals surface area contributed by atoms with Crippen molar-refractivity contribution in [1.82, 2.24) is 14.1 Å². The van der Waals surface area contributed by atoms with Gasteiger partial charge in [0.2, 0.25) is 5.03 Å². The predicted molar refractivity (Wildman–Crippen MR) is 96.5 cm³/mol. The number of rotatable bonds is 5. The van der Waals surface area contributed by atoms with Gasteiger partial charge in [-0.2, -0.15) is 9.40 Å². The number of hydrogen-bond acceptors (Lipinski definition) is 5. The minimum atomic E-state index is -3.83. The van der Waals surface area contributed by atoms with Gasteiger partial charge in [-0.05, 0) is 30.9 Å². The highest BCUT2D eigenvalue weighted by Crippen LogP contribution is 2.23. The minimum absolute atomic E-state index is 0.0216. The van der Waals surface area contributed by atoms with Crippen molar-refractivity contribution in [2.24, 2.45) is 0 Å². The van der Waals surface area contributed by atoms with Crippen LogP contribution in [0.1, 0.15) is 40.7 Å². The summed E-state index contributed by atoms with van der Waals surface area (Å²) in [7, 11) is -2.59. The van der Waals surface area contributed by atoms with Crippen molar-refractivity contribution in [1.29, 1.82) is 0 Å². The first-order chi connectivity index (χ1) is 12.4. The van der Waals surface area contributed by atoms with Crippen molar-refractivity contribution in [3.8, 4) is 0 Å². The molecule has 1 aliphatic heterocycles. The zero-order valence-corrected chi connectivity index (χ0v) is 15.8. The fraction of sp³-hybridized carbons (Fsp3) is 0.444. The van der Waals surface area contributed by atoms with E-state index < -0.39 is 16.0 Å². The quantitative estimate of drug-likeness (QED) is 0.746. The molecule has 0 radical (unpaired) electrons. The lowest BCUT2D eigenvalue weighted by molar-refractivity contribution is 0.0596. The van der Waals surface area contributed by atoms with E-state index >= 15 is 0 Å². The molecule has 0 bridgehead atoms. The standard InChI is InChI=1S/C18H23N3O4S/c1-14-8-4-5-9-15(14)12-20-13-16(18(22)25-2)17(19-20)26(23,24)21-10-6-3-7-11-21/h4-5,8-9,13H,3,6-7,10-12H2,1-2H3. The Morgan fingerprint density at radius 3 is 2.54 bits per heavy atom. The molecule has 140 valence electrons. The van der Waals surface area contributed by atoms with E-state index in [1.807, 2.05) is 31.2 Å². The SMILES string of the molecule is COC(=O)c1cn(Cc2ccccc2C)nc1S(=O)(=O)N1CCCCC1. The van der Waals surface area contributed by atoms with Crippen LogP contribution in [-0.4, -0.2) is 48.7 Å². The molecule has 8 heteroatoms. The third-order valence-corrected chi connectivity index (χ3v) is 6.46. The van der Waals surface area contributed by atoms with Gasteiger partial charge in [0.1, 0.15) is 5.56 Å². The lowest BCUT2D eigenvalue weighted by Crippen LogP contribution is -2.36. The molecule has 0 unspecified atom stereocenters. The molecule has 1 aliphatic rings. The van der Waals surface area contributed by atoms with Gasteiger partial charge in [-0.1, -0.05) is 30.7 Å². The molecule has 3 rings (SSSR count). The van der Waals surface area contributed by atoms with Gasteiger partial charge < -0.3 is 4.74 Å². The zero-order chi connectivity index (χ0) is 18.7. The van der Waals surface area contributed by atoms with Crippen molar-refractivity contribution < 1.29 is 17.9 Å². The second-order valence-electron chi connectivity index (χ2n) is 6.43. The first-order valence-electron chi connectivity index (χ1n) is 8.64. The van der Waals surface area contributed by atoms with E-state index in [9.17, 15) is 13.2 Å². The maximum Gasteiger partial charge on any atom is 0.342 e. The summed E-state index contributed by atoms with van der Waals surface area (Å²) in [6.45, 7) is 3.26. The topological polar surface area (TPSA) is 81.5 Å². The number of ether oxygens (including phenoxy) is 1. The van der Waals surface area contributed by atoms with Crippen LogP contribution in [0.15, 0.2) is 35.5 Å². The maximum absolute atomic E-state index is 13.0. The lowest BCUT2D eigenvalue weighted by Gasteiger charge is -2.25. The molecule has 26 heavy (non-hydrogen) atoms. The first kappa shape index (κ1) is 18.6. The number of carbonyl (C=O) groups is 1. The van der Waals surface area contributed by atoms with Gasteiger partial charge in [0.05, 0.1) is 13.7 Å². The van der Waals surface area contributed by atoms with Crippen LogP contribution in [0.3, 0.4) is 0 Å². The molecule has 1 aromatic heterocycles. The Labute approximate surface area is 153 Å². The van der Waals surface area contributed by atoms with E-state index in [1.165, 1.54) is 22.3 Å². The largest absolute Gasteiger partial charge is 0.465 e. The van der Waals surface area contributed by atoms with Crippen molar-refractivity contribution in [3.63, 3.8) is 0 Å². The third kappa shape index (κ3) is 3.66. The summed E-state index contributed by atoms with van der Waals surface area (Å²) in [5.74, 6) is -0.698. The Kier molecular flexibility index (Phi) is 5.43. The number of carbonyl (C=O) groups excluding carboxylic acids is 1. The normalized spacial score (nSPS) is 15.8. The van der Waals surface area contributed by atoms with Gasteiger partial charge in [-0.25, -0.2) is 13.2 Å². The number of aromatic nitrogens is 2. The highest BCUT2D eigenvalue weighted by Gasteiger charge is 2.33.